The summed E-state index contributed by atoms with van der Waals surface area (Å²) in [6, 6.07) is 12.2. The summed E-state index contributed by atoms with van der Waals surface area (Å²) in [5, 5.41) is 4.87. The van der Waals surface area contributed by atoms with Gasteiger partial charge >= 0.3 is 0 Å². The van der Waals surface area contributed by atoms with Crippen molar-refractivity contribution in [3.63, 3.8) is 0 Å². The fourth-order valence-corrected chi connectivity index (χ4v) is 4.10. The van der Waals surface area contributed by atoms with E-state index in [2.05, 4.69) is 16.0 Å². The number of benzene rings is 2. The number of nitrogens with one attached hydrogen (secondary N) is 2. The molecule has 0 aliphatic heterocycles. The maximum atomic E-state index is 12.6. The summed E-state index contributed by atoms with van der Waals surface area (Å²) in [7, 11) is 0. The lowest BCUT2D eigenvalue weighted by Crippen LogP contribution is -2.30. The van der Waals surface area contributed by atoms with Crippen LogP contribution in [0.1, 0.15) is 21.8 Å². The van der Waals surface area contributed by atoms with Crippen molar-refractivity contribution in [3.05, 3.63) is 74.6 Å². The summed E-state index contributed by atoms with van der Waals surface area (Å²) in [6.45, 7) is 1.86. The number of aromatic nitrogens is 1. The number of halogens is 3. The molecule has 1 amide bonds. The summed E-state index contributed by atoms with van der Waals surface area (Å²) < 4.78 is 5.20. The Morgan fingerprint density at radius 2 is 1.85 bits per heavy atom. The molecule has 5 nitrogen and oxygen atoms in total. The second-order valence-electron chi connectivity index (χ2n) is 5.54. The number of thioether (sulfide) groups is 1. The lowest BCUT2D eigenvalue weighted by Gasteiger charge is -2.13. The summed E-state index contributed by atoms with van der Waals surface area (Å²) >= 11 is 19.6. The first kappa shape index (κ1) is 19.9. The molecule has 140 valence electrons. The van der Waals surface area contributed by atoms with Gasteiger partial charge in [-0.2, -0.15) is 0 Å². The molecule has 3 aromatic rings. The third-order valence-electron chi connectivity index (χ3n) is 3.49. The van der Waals surface area contributed by atoms with Crippen LogP contribution >= 0.6 is 46.6 Å². The zero-order valence-electron chi connectivity index (χ0n) is 14.1. The van der Waals surface area contributed by atoms with Gasteiger partial charge < -0.3 is 4.52 Å². The standard InChI is InChI=1S/C18H14Cl3N3O2S/c1-10-6-12(26-24-10)9-27-16-5-3-2-4-13(16)18(25)23-22-17-14(20)7-11(19)8-15(17)21/h2-8,22H,9H2,1H3,(H,23,25). The normalized spacial score (nSPS) is 10.7. The van der Waals surface area contributed by atoms with E-state index in [0.717, 1.165) is 16.3 Å². The molecule has 27 heavy (non-hydrogen) atoms. The quantitative estimate of drug-likeness (QED) is 0.362. The van der Waals surface area contributed by atoms with E-state index in [1.165, 1.54) is 23.9 Å². The average molecular weight is 443 g/mol. The smallest absolute Gasteiger partial charge is 0.270 e. The lowest BCUT2D eigenvalue weighted by atomic mass is 10.2. The van der Waals surface area contributed by atoms with Crippen LogP contribution in [0, 0.1) is 6.92 Å². The van der Waals surface area contributed by atoms with Gasteiger partial charge in [-0.25, -0.2) is 0 Å². The molecule has 0 atom stereocenters. The van der Waals surface area contributed by atoms with Gasteiger partial charge in [-0.3, -0.25) is 15.6 Å². The van der Waals surface area contributed by atoms with Crippen molar-refractivity contribution >= 4 is 58.2 Å². The first-order valence-corrected chi connectivity index (χ1v) is 9.91. The number of amides is 1. The Morgan fingerprint density at radius 3 is 2.52 bits per heavy atom. The van der Waals surface area contributed by atoms with Crippen LogP contribution in [0.3, 0.4) is 0 Å². The van der Waals surface area contributed by atoms with Gasteiger partial charge in [0.15, 0.2) is 0 Å². The van der Waals surface area contributed by atoms with Gasteiger partial charge in [0.05, 0.1) is 32.7 Å². The van der Waals surface area contributed by atoms with E-state index >= 15 is 0 Å². The van der Waals surface area contributed by atoms with Gasteiger partial charge in [-0.1, -0.05) is 52.1 Å². The number of hydrogen-bond donors (Lipinski definition) is 2. The molecule has 0 aliphatic rings. The van der Waals surface area contributed by atoms with Crippen LogP contribution in [-0.2, 0) is 5.75 Å². The zero-order valence-corrected chi connectivity index (χ0v) is 17.1. The van der Waals surface area contributed by atoms with Crippen molar-refractivity contribution in [1.29, 1.82) is 0 Å². The Bertz CT molecular complexity index is 955. The number of nitrogens with zero attached hydrogens (tertiary/aromatic N) is 1. The molecule has 0 fully saturated rings. The Hall–Kier alpha value is -1.86. The van der Waals surface area contributed by atoms with Gasteiger partial charge in [-0.05, 0) is 31.2 Å². The molecule has 0 unspecified atom stereocenters. The molecule has 2 aromatic carbocycles. The van der Waals surface area contributed by atoms with Crippen LogP contribution in [0.2, 0.25) is 15.1 Å². The van der Waals surface area contributed by atoms with E-state index in [1.54, 1.807) is 12.1 Å². The largest absolute Gasteiger partial charge is 0.360 e. The predicted octanol–water partition coefficient (Wildman–Crippen LogP) is 5.99. The maximum absolute atomic E-state index is 12.6. The van der Waals surface area contributed by atoms with E-state index in [1.807, 2.05) is 25.1 Å². The van der Waals surface area contributed by atoms with Crippen LogP contribution in [-0.4, -0.2) is 11.1 Å². The number of anilines is 1. The van der Waals surface area contributed by atoms with E-state index in [-0.39, 0.29) is 5.91 Å². The minimum atomic E-state index is -0.325. The second-order valence-corrected chi connectivity index (χ2v) is 7.81. The minimum Gasteiger partial charge on any atom is -0.360 e. The zero-order chi connectivity index (χ0) is 19.4. The van der Waals surface area contributed by atoms with Crippen LogP contribution in [0.5, 0.6) is 0 Å². The predicted molar refractivity (Wildman–Crippen MR) is 110 cm³/mol. The monoisotopic (exact) mass is 441 g/mol. The highest BCUT2D eigenvalue weighted by Gasteiger charge is 2.14. The molecule has 1 heterocycles. The molecule has 1 aromatic heterocycles. The Morgan fingerprint density at radius 1 is 1.15 bits per heavy atom. The third-order valence-corrected chi connectivity index (χ3v) is 5.40. The molecule has 0 saturated heterocycles. The van der Waals surface area contributed by atoms with Crippen LogP contribution in [0.4, 0.5) is 5.69 Å². The molecular weight excluding hydrogens is 429 g/mol. The lowest BCUT2D eigenvalue weighted by molar-refractivity contribution is 0.0960. The molecule has 2 N–H and O–H groups in total. The van der Waals surface area contributed by atoms with Crippen molar-refractivity contribution in [3.8, 4) is 0 Å². The molecular formula is C18H14Cl3N3O2S. The van der Waals surface area contributed by atoms with E-state index < -0.39 is 0 Å². The highest BCUT2D eigenvalue weighted by atomic mass is 35.5. The van der Waals surface area contributed by atoms with Crippen molar-refractivity contribution in [2.24, 2.45) is 0 Å². The summed E-state index contributed by atoms with van der Waals surface area (Å²) in [4.78, 5) is 13.4. The van der Waals surface area contributed by atoms with E-state index in [4.69, 9.17) is 39.3 Å². The Balaban J connectivity index is 1.70. The third kappa shape index (κ3) is 5.11. The molecule has 0 bridgehead atoms. The van der Waals surface area contributed by atoms with E-state index in [9.17, 15) is 4.79 Å². The van der Waals surface area contributed by atoms with Gasteiger partial charge in [0, 0.05) is 16.0 Å². The number of aryl methyl sites for hydroxylation is 1. The number of carbonyl (C=O) groups is 1. The number of hydrazine groups is 1. The molecule has 0 spiro atoms. The first-order valence-electron chi connectivity index (χ1n) is 7.79. The average Bonchev–Trinajstić information content (AvgIpc) is 3.04. The summed E-state index contributed by atoms with van der Waals surface area (Å²) in [6.07, 6.45) is 0. The van der Waals surface area contributed by atoms with Crippen molar-refractivity contribution in [1.82, 2.24) is 10.6 Å². The fraction of sp³-hybridized carbons (Fsp3) is 0.111. The molecule has 0 saturated carbocycles. The van der Waals surface area contributed by atoms with Crippen molar-refractivity contribution < 1.29 is 9.32 Å². The van der Waals surface area contributed by atoms with Crippen molar-refractivity contribution in [2.45, 2.75) is 17.6 Å². The topological polar surface area (TPSA) is 67.2 Å². The van der Waals surface area contributed by atoms with E-state index in [0.29, 0.717) is 32.1 Å². The maximum Gasteiger partial charge on any atom is 0.270 e. The number of hydrogen-bond acceptors (Lipinski definition) is 5. The van der Waals surface area contributed by atoms with Crippen LogP contribution in [0.15, 0.2) is 51.9 Å². The van der Waals surface area contributed by atoms with Gasteiger partial charge in [0.1, 0.15) is 5.76 Å². The summed E-state index contributed by atoms with van der Waals surface area (Å²) in [5.74, 6) is 0.979. The number of carbonyl (C=O) groups excluding carboxylic acids is 1. The Labute approximate surface area is 175 Å². The molecule has 0 radical (unpaired) electrons. The van der Waals surface area contributed by atoms with Crippen LogP contribution in [0.25, 0.3) is 0 Å². The van der Waals surface area contributed by atoms with Gasteiger partial charge in [0.2, 0.25) is 0 Å². The highest BCUT2D eigenvalue weighted by molar-refractivity contribution is 7.98. The highest BCUT2D eigenvalue weighted by Crippen LogP contribution is 2.33. The Kier molecular flexibility index (Phi) is 6.55. The fourth-order valence-electron chi connectivity index (χ4n) is 2.26. The molecule has 3 rings (SSSR count). The van der Waals surface area contributed by atoms with Gasteiger partial charge in [0.25, 0.3) is 5.91 Å². The molecule has 9 heteroatoms. The second kappa shape index (κ2) is 8.89. The van der Waals surface area contributed by atoms with Crippen LogP contribution < -0.4 is 10.9 Å². The van der Waals surface area contributed by atoms with Crippen molar-refractivity contribution in [2.75, 3.05) is 5.43 Å². The SMILES string of the molecule is Cc1cc(CSc2ccccc2C(=O)NNc2c(Cl)cc(Cl)cc2Cl)on1. The van der Waals surface area contributed by atoms with Gasteiger partial charge in [-0.15, -0.1) is 11.8 Å². The summed E-state index contributed by atoms with van der Waals surface area (Å²) in [5.41, 5.74) is 7.06. The number of rotatable bonds is 6. The minimum absolute atomic E-state index is 0.302. The first-order chi connectivity index (χ1) is 12.9. The molecule has 0 aliphatic carbocycles.